The molecular formula is C22H21N5O3S. The SMILES string of the molecule is COc1cccc(OC)c1C(=O)Nc1ccc(Sc2c(C)c(C)nc3ncnn23)cc1. The first-order chi connectivity index (χ1) is 15.0. The molecule has 0 fully saturated rings. The highest BCUT2D eigenvalue weighted by atomic mass is 32.2. The Morgan fingerprint density at radius 2 is 1.71 bits per heavy atom. The van der Waals surface area contributed by atoms with Crippen LogP contribution >= 0.6 is 11.8 Å². The van der Waals surface area contributed by atoms with E-state index in [0.717, 1.165) is 21.2 Å². The predicted octanol–water partition coefficient (Wildman–Crippen LogP) is 4.16. The standard InChI is InChI=1S/C22H21N5O3S/c1-13-14(2)25-22-23-12-24-27(22)21(13)31-16-10-8-15(9-11-16)26-20(28)19-17(29-3)6-5-7-18(19)30-4/h5-12H,1-4H3,(H,26,28). The minimum absolute atomic E-state index is 0.306. The van der Waals surface area contributed by atoms with E-state index in [1.165, 1.54) is 20.5 Å². The average Bonchev–Trinajstić information content (AvgIpc) is 3.25. The van der Waals surface area contributed by atoms with Crippen molar-refractivity contribution in [1.29, 1.82) is 0 Å². The Labute approximate surface area is 183 Å². The van der Waals surface area contributed by atoms with Gasteiger partial charge in [0.25, 0.3) is 11.7 Å². The summed E-state index contributed by atoms with van der Waals surface area (Å²) >= 11 is 1.57. The quantitative estimate of drug-likeness (QED) is 0.455. The van der Waals surface area contributed by atoms with Gasteiger partial charge in [0.15, 0.2) is 0 Å². The first kappa shape index (κ1) is 20.7. The van der Waals surface area contributed by atoms with E-state index in [4.69, 9.17) is 9.47 Å². The van der Waals surface area contributed by atoms with Crippen molar-refractivity contribution in [2.45, 2.75) is 23.8 Å². The molecule has 158 valence electrons. The maximum absolute atomic E-state index is 12.8. The lowest BCUT2D eigenvalue weighted by Crippen LogP contribution is -2.14. The lowest BCUT2D eigenvalue weighted by Gasteiger charge is -2.13. The Morgan fingerprint density at radius 1 is 1.03 bits per heavy atom. The molecular weight excluding hydrogens is 414 g/mol. The van der Waals surface area contributed by atoms with Gasteiger partial charge >= 0.3 is 0 Å². The second-order valence-corrected chi connectivity index (χ2v) is 7.78. The molecule has 0 aliphatic rings. The lowest BCUT2D eigenvalue weighted by atomic mass is 10.1. The number of anilines is 1. The molecule has 1 amide bonds. The number of aryl methyl sites for hydroxylation is 1. The molecule has 2 aromatic heterocycles. The summed E-state index contributed by atoms with van der Waals surface area (Å²) in [6, 6.07) is 12.8. The van der Waals surface area contributed by atoms with Gasteiger partial charge in [0, 0.05) is 21.8 Å². The van der Waals surface area contributed by atoms with E-state index >= 15 is 0 Å². The molecule has 4 rings (SSSR count). The first-order valence-electron chi connectivity index (χ1n) is 9.49. The number of amides is 1. The third kappa shape index (κ3) is 4.04. The third-order valence-electron chi connectivity index (χ3n) is 4.83. The molecule has 0 aliphatic carbocycles. The number of methoxy groups -OCH3 is 2. The Hall–Kier alpha value is -3.59. The second kappa shape index (κ2) is 8.65. The van der Waals surface area contributed by atoms with Crippen molar-refractivity contribution >= 4 is 29.1 Å². The summed E-state index contributed by atoms with van der Waals surface area (Å²) in [4.78, 5) is 22.5. The maximum atomic E-state index is 12.8. The number of nitrogens with zero attached hydrogens (tertiary/aromatic N) is 4. The topological polar surface area (TPSA) is 90.6 Å². The van der Waals surface area contributed by atoms with Gasteiger partial charge in [-0.3, -0.25) is 4.79 Å². The van der Waals surface area contributed by atoms with Crippen LogP contribution in [0.2, 0.25) is 0 Å². The molecule has 4 aromatic rings. The largest absolute Gasteiger partial charge is 0.496 e. The number of rotatable bonds is 6. The number of carbonyl (C=O) groups excluding carboxylic acids is 1. The summed E-state index contributed by atoms with van der Waals surface area (Å²) in [5.74, 6) is 1.16. The van der Waals surface area contributed by atoms with Crippen LogP contribution in [0.25, 0.3) is 5.78 Å². The molecule has 0 spiro atoms. The monoisotopic (exact) mass is 435 g/mol. The van der Waals surface area contributed by atoms with Crippen LogP contribution in [-0.4, -0.2) is 39.7 Å². The third-order valence-corrected chi connectivity index (χ3v) is 6.02. The minimum Gasteiger partial charge on any atom is -0.496 e. The molecule has 0 saturated carbocycles. The molecule has 0 saturated heterocycles. The van der Waals surface area contributed by atoms with Gasteiger partial charge in [-0.15, -0.1) is 0 Å². The summed E-state index contributed by atoms with van der Waals surface area (Å²) in [5, 5.41) is 8.13. The molecule has 0 bridgehead atoms. The molecule has 0 aliphatic heterocycles. The van der Waals surface area contributed by atoms with Crippen LogP contribution < -0.4 is 14.8 Å². The molecule has 31 heavy (non-hydrogen) atoms. The number of hydrogen-bond donors (Lipinski definition) is 1. The van der Waals surface area contributed by atoms with Crippen LogP contribution in [-0.2, 0) is 0 Å². The van der Waals surface area contributed by atoms with Crippen molar-refractivity contribution in [3.8, 4) is 11.5 Å². The van der Waals surface area contributed by atoms with Crippen molar-refractivity contribution < 1.29 is 14.3 Å². The van der Waals surface area contributed by atoms with Crippen molar-refractivity contribution in [3.05, 3.63) is 65.6 Å². The molecule has 2 aromatic carbocycles. The summed E-state index contributed by atoms with van der Waals surface area (Å²) < 4.78 is 12.4. The maximum Gasteiger partial charge on any atom is 0.263 e. The van der Waals surface area contributed by atoms with Crippen molar-refractivity contribution in [3.63, 3.8) is 0 Å². The van der Waals surface area contributed by atoms with Gasteiger partial charge in [-0.05, 0) is 50.2 Å². The summed E-state index contributed by atoms with van der Waals surface area (Å²) in [7, 11) is 3.04. The van der Waals surface area contributed by atoms with Crippen LogP contribution in [0.3, 0.4) is 0 Å². The Morgan fingerprint density at radius 3 is 2.35 bits per heavy atom. The normalized spacial score (nSPS) is 10.8. The number of fused-ring (bicyclic) bond motifs is 1. The van der Waals surface area contributed by atoms with Crippen LogP contribution in [0.15, 0.2) is 58.7 Å². The van der Waals surface area contributed by atoms with Gasteiger partial charge in [-0.1, -0.05) is 17.8 Å². The number of hydrogen-bond acceptors (Lipinski definition) is 7. The van der Waals surface area contributed by atoms with Gasteiger partial charge in [0.2, 0.25) is 0 Å². The van der Waals surface area contributed by atoms with E-state index in [-0.39, 0.29) is 5.91 Å². The zero-order valence-electron chi connectivity index (χ0n) is 17.5. The van der Waals surface area contributed by atoms with E-state index in [9.17, 15) is 4.79 Å². The van der Waals surface area contributed by atoms with Gasteiger partial charge in [-0.25, -0.2) is 4.98 Å². The second-order valence-electron chi connectivity index (χ2n) is 6.72. The van der Waals surface area contributed by atoms with Gasteiger partial charge in [0.1, 0.15) is 28.4 Å². The van der Waals surface area contributed by atoms with E-state index in [1.807, 2.05) is 38.1 Å². The Kier molecular flexibility index (Phi) is 5.77. The number of ether oxygens (including phenoxy) is 2. The summed E-state index contributed by atoms with van der Waals surface area (Å²) in [6.07, 6.45) is 1.50. The van der Waals surface area contributed by atoms with Crippen molar-refractivity contribution in [2.24, 2.45) is 0 Å². The zero-order chi connectivity index (χ0) is 22.0. The van der Waals surface area contributed by atoms with E-state index in [0.29, 0.717) is 28.5 Å². The van der Waals surface area contributed by atoms with Crippen LogP contribution in [0.5, 0.6) is 11.5 Å². The molecule has 1 N–H and O–H groups in total. The summed E-state index contributed by atoms with van der Waals surface area (Å²) in [6.45, 7) is 3.97. The predicted molar refractivity (Wildman–Crippen MR) is 118 cm³/mol. The minimum atomic E-state index is -0.306. The summed E-state index contributed by atoms with van der Waals surface area (Å²) in [5.41, 5.74) is 2.97. The van der Waals surface area contributed by atoms with Crippen LogP contribution in [0.1, 0.15) is 21.6 Å². The van der Waals surface area contributed by atoms with Gasteiger partial charge in [-0.2, -0.15) is 14.6 Å². The number of nitrogens with one attached hydrogen (secondary N) is 1. The van der Waals surface area contributed by atoms with E-state index < -0.39 is 0 Å². The smallest absolute Gasteiger partial charge is 0.263 e. The number of carbonyl (C=O) groups is 1. The zero-order valence-corrected chi connectivity index (χ0v) is 18.4. The van der Waals surface area contributed by atoms with E-state index in [2.05, 4.69) is 20.4 Å². The highest BCUT2D eigenvalue weighted by molar-refractivity contribution is 7.99. The van der Waals surface area contributed by atoms with Gasteiger partial charge in [0.05, 0.1) is 14.2 Å². The number of aromatic nitrogens is 4. The highest BCUT2D eigenvalue weighted by Gasteiger charge is 2.18. The molecule has 0 radical (unpaired) electrons. The Bertz CT molecular complexity index is 1230. The molecule has 8 nitrogen and oxygen atoms in total. The first-order valence-corrected chi connectivity index (χ1v) is 10.3. The van der Waals surface area contributed by atoms with Crippen LogP contribution in [0, 0.1) is 13.8 Å². The highest BCUT2D eigenvalue weighted by Crippen LogP contribution is 2.33. The molecule has 2 heterocycles. The van der Waals surface area contributed by atoms with Crippen LogP contribution in [0.4, 0.5) is 5.69 Å². The van der Waals surface area contributed by atoms with Crippen molar-refractivity contribution in [1.82, 2.24) is 19.6 Å². The average molecular weight is 436 g/mol. The van der Waals surface area contributed by atoms with Gasteiger partial charge < -0.3 is 14.8 Å². The fraction of sp³-hybridized carbons (Fsp3) is 0.182. The molecule has 0 atom stereocenters. The molecule has 0 unspecified atom stereocenters. The lowest BCUT2D eigenvalue weighted by molar-refractivity contribution is 0.102. The Balaban J connectivity index is 1.56. The van der Waals surface area contributed by atoms with Crippen molar-refractivity contribution in [2.75, 3.05) is 19.5 Å². The molecule has 9 heteroatoms. The number of benzene rings is 2. The fourth-order valence-corrected chi connectivity index (χ4v) is 4.12. The fourth-order valence-electron chi connectivity index (χ4n) is 3.11. The van der Waals surface area contributed by atoms with E-state index in [1.54, 1.807) is 34.5 Å².